The molecule has 0 saturated carbocycles. The Kier molecular flexibility index (Phi) is 7.30. The minimum absolute atomic E-state index is 0.176. The number of nitrogens with one attached hydrogen (secondary N) is 1. The molecule has 0 amide bonds. The Labute approximate surface area is 226 Å². The predicted molar refractivity (Wildman–Crippen MR) is 149 cm³/mol. The number of fused-ring (bicyclic) bond motifs is 1. The highest BCUT2D eigenvalue weighted by Gasteiger charge is 2.34. The van der Waals surface area contributed by atoms with Crippen LogP contribution in [0.4, 0.5) is 10.2 Å². The van der Waals surface area contributed by atoms with Crippen LogP contribution in [0.15, 0.2) is 65.7 Å². The third kappa shape index (κ3) is 5.26. The van der Waals surface area contributed by atoms with E-state index < -0.39 is 12.2 Å². The predicted octanol–water partition coefficient (Wildman–Crippen LogP) is 3.93. The standard InChI is InChI=1S/C29H34FN7O2/c30-24-18-35(16-12-20-10-14-32-15-11-20)17-13-25(24)37-28-26(27(31)33-19-34-28)36(29(37)38)21-6-8-23(9-7-21)39-22-4-2-1-3-5-22/h1-9,19-20,24-25,32H,10-18H2,(H2,31,33,34)/t24-,25-/m1/s1. The van der Waals surface area contributed by atoms with Gasteiger partial charge in [-0.1, -0.05) is 18.2 Å². The third-order valence-corrected chi connectivity index (χ3v) is 7.99. The van der Waals surface area contributed by atoms with Crippen molar-refractivity contribution in [2.45, 2.75) is 37.9 Å². The van der Waals surface area contributed by atoms with E-state index in [1.807, 2.05) is 30.3 Å². The van der Waals surface area contributed by atoms with Crippen LogP contribution in [-0.4, -0.2) is 62.9 Å². The maximum atomic E-state index is 15.7. The molecule has 0 unspecified atom stereocenters. The Morgan fingerprint density at radius 3 is 2.49 bits per heavy atom. The molecule has 2 aliphatic rings. The van der Waals surface area contributed by atoms with Gasteiger partial charge in [0.05, 0.1) is 11.7 Å². The lowest BCUT2D eigenvalue weighted by Gasteiger charge is -2.36. The summed E-state index contributed by atoms with van der Waals surface area (Å²) in [4.78, 5) is 24.6. The van der Waals surface area contributed by atoms with Crippen molar-refractivity contribution >= 4 is 17.0 Å². The summed E-state index contributed by atoms with van der Waals surface area (Å²) >= 11 is 0. The number of likely N-dealkylation sites (tertiary alicyclic amines) is 1. The fraction of sp³-hybridized carbons (Fsp3) is 0.414. The van der Waals surface area contributed by atoms with Gasteiger partial charge in [-0.25, -0.2) is 19.2 Å². The van der Waals surface area contributed by atoms with Crippen LogP contribution in [0.2, 0.25) is 0 Å². The summed E-state index contributed by atoms with van der Waals surface area (Å²) in [5, 5.41) is 3.40. The van der Waals surface area contributed by atoms with E-state index in [-0.39, 0.29) is 11.5 Å². The summed E-state index contributed by atoms with van der Waals surface area (Å²) in [6.45, 7) is 4.07. The molecule has 2 fully saturated rings. The summed E-state index contributed by atoms with van der Waals surface area (Å²) in [6, 6.07) is 16.0. The third-order valence-electron chi connectivity index (χ3n) is 7.99. The number of hydrogen-bond acceptors (Lipinski definition) is 7. The number of aromatic nitrogens is 4. The molecule has 2 aliphatic heterocycles. The van der Waals surface area contributed by atoms with Crippen molar-refractivity contribution in [1.82, 2.24) is 29.3 Å². The van der Waals surface area contributed by atoms with E-state index in [0.717, 1.165) is 32.6 Å². The summed E-state index contributed by atoms with van der Waals surface area (Å²) in [6.07, 6.45) is 4.12. The second-order valence-corrected chi connectivity index (χ2v) is 10.5. The van der Waals surface area contributed by atoms with Gasteiger partial charge in [-0.3, -0.25) is 9.13 Å². The quantitative estimate of drug-likeness (QED) is 0.372. The van der Waals surface area contributed by atoms with E-state index >= 15 is 4.39 Å². The lowest BCUT2D eigenvalue weighted by molar-refractivity contribution is 0.0840. The number of nitrogens with two attached hydrogens (primary N) is 1. The fourth-order valence-corrected chi connectivity index (χ4v) is 5.88. The lowest BCUT2D eigenvalue weighted by Crippen LogP contribution is -2.45. The molecule has 204 valence electrons. The molecule has 39 heavy (non-hydrogen) atoms. The first-order valence-corrected chi connectivity index (χ1v) is 13.7. The van der Waals surface area contributed by atoms with Gasteiger partial charge in [0.1, 0.15) is 29.5 Å². The molecule has 2 aromatic heterocycles. The van der Waals surface area contributed by atoms with Crippen LogP contribution in [0.25, 0.3) is 16.9 Å². The maximum absolute atomic E-state index is 15.7. The number of rotatable bonds is 7. The van der Waals surface area contributed by atoms with E-state index in [4.69, 9.17) is 10.5 Å². The van der Waals surface area contributed by atoms with E-state index in [9.17, 15) is 4.79 Å². The van der Waals surface area contributed by atoms with E-state index in [2.05, 4.69) is 20.2 Å². The normalized spacial score (nSPS) is 20.8. The van der Waals surface area contributed by atoms with Crippen molar-refractivity contribution in [3.63, 3.8) is 0 Å². The number of piperidine rings is 2. The average Bonchev–Trinajstić information content (AvgIpc) is 3.26. The smallest absolute Gasteiger partial charge is 0.335 e. The molecule has 2 aromatic carbocycles. The highest BCUT2D eigenvalue weighted by molar-refractivity contribution is 5.84. The van der Waals surface area contributed by atoms with Gasteiger partial charge >= 0.3 is 5.69 Å². The minimum Gasteiger partial charge on any atom is -0.457 e. The summed E-state index contributed by atoms with van der Waals surface area (Å²) in [7, 11) is 0. The molecule has 4 heterocycles. The molecule has 0 bridgehead atoms. The zero-order chi connectivity index (χ0) is 26.8. The molecule has 0 spiro atoms. The van der Waals surface area contributed by atoms with Crippen molar-refractivity contribution in [3.8, 4) is 17.2 Å². The topological polar surface area (TPSA) is 103 Å². The van der Waals surface area contributed by atoms with Crippen LogP contribution in [0.1, 0.15) is 31.7 Å². The SMILES string of the molecule is Nc1ncnc2c1n(-c1ccc(Oc3ccccc3)cc1)c(=O)n2[C@@H]1CCN(CCC2CCNCC2)C[C@H]1F. The number of nitrogen functional groups attached to an aromatic ring is 1. The molecular weight excluding hydrogens is 497 g/mol. The van der Waals surface area contributed by atoms with Gasteiger partial charge in [-0.15, -0.1) is 0 Å². The van der Waals surface area contributed by atoms with Gasteiger partial charge in [0.25, 0.3) is 0 Å². The molecule has 4 aromatic rings. The van der Waals surface area contributed by atoms with Crippen molar-refractivity contribution in [2.75, 3.05) is 38.5 Å². The summed E-state index contributed by atoms with van der Waals surface area (Å²) in [5.74, 6) is 2.22. The maximum Gasteiger partial charge on any atom is 0.335 e. The van der Waals surface area contributed by atoms with Crippen LogP contribution in [0.3, 0.4) is 0 Å². The number of alkyl halides is 1. The molecule has 9 nitrogen and oxygen atoms in total. The number of ether oxygens (including phenoxy) is 1. The van der Waals surface area contributed by atoms with E-state index in [1.165, 1.54) is 28.3 Å². The van der Waals surface area contributed by atoms with Gasteiger partial charge in [-0.2, -0.15) is 0 Å². The molecule has 0 radical (unpaired) electrons. The Hall–Kier alpha value is -3.76. The molecule has 10 heteroatoms. The second kappa shape index (κ2) is 11.2. The highest BCUT2D eigenvalue weighted by Crippen LogP contribution is 2.31. The first kappa shape index (κ1) is 25.5. The number of anilines is 1. The molecule has 6 rings (SSSR count). The molecule has 2 saturated heterocycles. The summed E-state index contributed by atoms with van der Waals surface area (Å²) in [5.41, 5.74) is 7.21. The first-order chi connectivity index (χ1) is 19.1. The van der Waals surface area contributed by atoms with Gasteiger partial charge < -0.3 is 20.7 Å². The summed E-state index contributed by atoms with van der Waals surface area (Å²) < 4.78 is 24.6. The fourth-order valence-electron chi connectivity index (χ4n) is 5.88. The molecule has 3 N–H and O–H groups in total. The Bertz CT molecular complexity index is 1470. The van der Waals surface area contributed by atoms with Crippen LogP contribution in [0, 0.1) is 5.92 Å². The van der Waals surface area contributed by atoms with Crippen LogP contribution in [-0.2, 0) is 0 Å². The number of imidazole rings is 1. The molecule has 0 aliphatic carbocycles. The van der Waals surface area contributed by atoms with Gasteiger partial charge in [0.15, 0.2) is 11.5 Å². The number of nitrogens with zero attached hydrogens (tertiary/aromatic N) is 5. The number of halogens is 1. The largest absolute Gasteiger partial charge is 0.457 e. The number of benzene rings is 2. The zero-order valence-corrected chi connectivity index (χ0v) is 21.9. The monoisotopic (exact) mass is 531 g/mol. The van der Waals surface area contributed by atoms with Crippen molar-refractivity contribution in [2.24, 2.45) is 5.92 Å². The number of hydrogen-bond donors (Lipinski definition) is 2. The average molecular weight is 532 g/mol. The number of para-hydroxylation sites is 1. The van der Waals surface area contributed by atoms with Crippen LogP contribution < -0.4 is 21.5 Å². The Balaban J connectivity index is 1.25. The van der Waals surface area contributed by atoms with E-state index in [1.54, 1.807) is 24.3 Å². The lowest BCUT2D eigenvalue weighted by atomic mass is 9.94. The van der Waals surface area contributed by atoms with Crippen molar-refractivity contribution < 1.29 is 9.13 Å². The first-order valence-electron chi connectivity index (χ1n) is 13.7. The van der Waals surface area contributed by atoms with Crippen LogP contribution in [0.5, 0.6) is 11.5 Å². The zero-order valence-electron chi connectivity index (χ0n) is 21.9. The van der Waals surface area contributed by atoms with Gasteiger partial charge in [-0.05, 0) is 87.6 Å². The van der Waals surface area contributed by atoms with E-state index in [0.29, 0.717) is 47.2 Å². The minimum atomic E-state index is -1.19. The highest BCUT2D eigenvalue weighted by atomic mass is 19.1. The van der Waals surface area contributed by atoms with Crippen molar-refractivity contribution in [1.29, 1.82) is 0 Å². The Morgan fingerprint density at radius 2 is 1.74 bits per heavy atom. The van der Waals surface area contributed by atoms with Crippen molar-refractivity contribution in [3.05, 3.63) is 71.4 Å². The van der Waals surface area contributed by atoms with Gasteiger partial charge in [0.2, 0.25) is 0 Å². The molecular formula is C29H34FN7O2. The molecule has 2 atom stereocenters. The van der Waals surface area contributed by atoms with Crippen LogP contribution >= 0.6 is 0 Å². The second-order valence-electron chi connectivity index (χ2n) is 10.5. The Morgan fingerprint density at radius 1 is 1.00 bits per heavy atom. The van der Waals surface area contributed by atoms with Gasteiger partial charge in [0, 0.05) is 13.1 Å².